The van der Waals surface area contributed by atoms with Crippen LogP contribution >= 0.6 is 0 Å². The van der Waals surface area contributed by atoms with Gasteiger partial charge in [-0.15, -0.1) is 0 Å². The van der Waals surface area contributed by atoms with Crippen LogP contribution in [0, 0.1) is 11.6 Å². The van der Waals surface area contributed by atoms with Gasteiger partial charge in [0.25, 0.3) is 5.91 Å². The third-order valence-electron chi connectivity index (χ3n) is 3.72. The average molecular weight is 297 g/mol. The lowest BCUT2D eigenvalue weighted by Crippen LogP contribution is -2.35. The SMILES string of the molecule is NCCCN1CCCN(C(=O)c2ccc(F)c(F)c2)CC1. The van der Waals surface area contributed by atoms with Gasteiger partial charge in [-0.05, 0) is 50.7 Å². The third-order valence-corrected chi connectivity index (χ3v) is 3.72. The molecule has 6 heteroatoms. The van der Waals surface area contributed by atoms with Gasteiger partial charge < -0.3 is 15.5 Å². The monoisotopic (exact) mass is 297 g/mol. The van der Waals surface area contributed by atoms with Gasteiger partial charge in [-0.1, -0.05) is 0 Å². The highest BCUT2D eigenvalue weighted by Crippen LogP contribution is 2.13. The summed E-state index contributed by atoms with van der Waals surface area (Å²) in [6.45, 7) is 4.55. The first-order valence-electron chi connectivity index (χ1n) is 7.28. The minimum atomic E-state index is -0.986. The zero-order valence-electron chi connectivity index (χ0n) is 12.0. The molecule has 0 aromatic heterocycles. The van der Waals surface area contributed by atoms with Gasteiger partial charge in [0.2, 0.25) is 0 Å². The van der Waals surface area contributed by atoms with Crippen molar-refractivity contribution in [3.8, 4) is 0 Å². The van der Waals surface area contributed by atoms with Crippen LogP contribution in [0.15, 0.2) is 18.2 Å². The second-order valence-electron chi connectivity index (χ2n) is 5.26. The fourth-order valence-corrected chi connectivity index (χ4v) is 2.52. The molecular formula is C15H21F2N3O. The standard InChI is InChI=1S/C15H21F2N3O/c16-13-4-3-12(11-14(13)17)15(21)20-8-2-7-19(9-10-20)6-1-5-18/h3-4,11H,1-2,5-10,18H2. The molecule has 21 heavy (non-hydrogen) atoms. The minimum Gasteiger partial charge on any atom is -0.337 e. The molecule has 1 aromatic carbocycles. The molecule has 4 nitrogen and oxygen atoms in total. The Morgan fingerprint density at radius 3 is 2.67 bits per heavy atom. The third kappa shape index (κ3) is 4.22. The van der Waals surface area contributed by atoms with Crippen LogP contribution in [0.2, 0.25) is 0 Å². The summed E-state index contributed by atoms with van der Waals surface area (Å²) in [6.07, 6.45) is 1.82. The first-order chi connectivity index (χ1) is 10.1. The second-order valence-corrected chi connectivity index (χ2v) is 5.26. The van der Waals surface area contributed by atoms with Crippen molar-refractivity contribution in [2.45, 2.75) is 12.8 Å². The molecule has 116 valence electrons. The Labute approximate surface area is 123 Å². The van der Waals surface area contributed by atoms with Crippen molar-refractivity contribution in [2.24, 2.45) is 5.73 Å². The Bertz CT molecular complexity index is 496. The largest absolute Gasteiger partial charge is 0.337 e. The first-order valence-corrected chi connectivity index (χ1v) is 7.28. The predicted octanol–water partition coefficient (Wildman–Crippen LogP) is 1.46. The number of nitrogens with zero attached hydrogens (tertiary/aromatic N) is 2. The Morgan fingerprint density at radius 1 is 1.14 bits per heavy atom. The van der Waals surface area contributed by atoms with Crippen LogP contribution in [0.1, 0.15) is 23.2 Å². The van der Waals surface area contributed by atoms with Gasteiger partial charge in [0.05, 0.1) is 0 Å². The van der Waals surface area contributed by atoms with Crippen LogP contribution in [0.5, 0.6) is 0 Å². The van der Waals surface area contributed by atoms with Crippen molar-refractivity contribution in [3.63, 3.8) is 0 Å². The molecule has 1 heterocycles. The fourth-order valence-electron chi connectivity index (χ4n) is 2.52. The summed E-state index contributed by atoms with van der Waals surface area (Å²) in [6, 6.07) is 3.29. The Balaban J connectivity index is 1.98. The number of rotatable bonds is 4. The lowest BCUT2D eigenvalue weighted by molar-refractivity contribution is 0.0761. The summed E-state index contributed by atoms with van der Waals surface area (Å²) < 4.78 is 26.1. The van der Waals surface area contributed by atoms with Gasteiger partial charge in [0.15, 0.2) is 11.6 Å². The molecule has 1 saturated heterocycles. The summed E-state index contributed by atoms with van der Waals surface area (Å²) in [5.74, 6) is -2.16. The fraction of sp³-hybridized carbons (Fsp3) is 0.533. The van der Waals surface area contributed by atoms with E-state index in [9.17, 15) is 13.6 Å². The van der Waals surface area contributed by atoms with Gasteiger partial charge in [-0.25, -0.2) is 8.78 Å². The van der Waals surface area contributed by atoms with Crippen LogP contribution in [0.4, 0.5) is 8.78 Å². The smallest absolute Gasteiger partial charge is 0.254 e. The number of hydrogen-bond acceptors (Lipinski definition) is 3. The normalized spacial score (nSPS) is 16.8. The van der Waals surface area contributed by atoms with Crippen molar-refractivity contribution >= 4 is 5.91 Å². The predicted molar refractivity (Wildman–Crippen MR) is 77.0 cm³/mol. The summed E-state index contributed by atoms with van der Waals surface area (Å²) in [4.78, 5) is 16.3. The molecule has 0 atom stereocenters. The molecule has 0 unspecified atom stereocenters. The zero-order chi connectivity index (χ0) is 15.2. The maximum atomic E-state index is 13.2. The van der Waals surface area contributed by atoms with E-state index >= 15 is 0 Å². The van der Waals surface area contributed by atoms with Crippen LogP contribution < -0.4 is 5.73 Å². The Morgan fingerprint density at radius 2 is 1.95 bits per heavy atom. The highest BCUT2D eigenvalue weighted by Gasteiger charge is 2.20. The van der Waals surface area contributed by atoms with Gasteiger partial charge in [-0.2, -0.15) is 0 Å². The number of amides is 1. The average Bonchev–Trinajstić information content (AvgIpc) is 2.73. The summed E-state index contributed by atoms with van der Waals surface area (Å²) in [5, 5.41) is 0. The summed E-state index contributed by atoms with van der Waals surface area (Å²) in [7, 11) is 0. The van der Waals surface area contributed by atoms with Gasteiger partial charge in [-0.3, -0.25) is 4.79 Å². The summed E-state index contributed by atoms with van der Waals surface area (Å²) >= 11 is 0. The van der Waals surface area contributed by atoms with E-state index in [2.05, 4.69) is 4.90 Å². The topological polar surface area (TPSA) is 49.6 Å². The summed E-state index contributed by atoms with van der Waals surface area (Å²) in [5.41, 5.74) is 5.70. The van der Waals surface area contributed by atoms with E-state index in [1.54, 1.807) is 4.90 Å². The van der Waals surface area contributed by atoms with Crippen LogP contribution in [-0.2, 0) is 0 Å². The molecule has 2 rings (SSSR count). The molecule has 0 bridgehead atoms. The maximum Gasteiger partial charge on any atom is 0.254 e. The zero-order valence-corrected chi connectivity index (χ0v) is 12.0. The van der Waals surface area contributed by atoms with E-state index < -0.39 is 11.6 Å². The van der Waals surface area contributed by atoms with E-state index in [1.165, 1.54) is 6.07 Å². The van der Waals surface area contributed by atoms with Crippen molar-refractivity contribution in [3.05, 3.63) is 35.4 Å². The molecule has 1 amide bonds. The van der Waals surface area contributed by atoms with Crippen molar-refractivity contribution in [1.29, 1.82) is 0 Å². The van der Waals surface area contributed by atoms with Gasteiger partial charge in [0, 0.05) is 25.2 Å². The van der Waals surface area contributed by atoms with E-state index in [-0.39, 0.29) is 11.5 Å². The van der Waals surface area contributed by atoms with Crippen LogP contribution in [-0.4, -0.2) is 55.0 Å². The van der Waals surface area contributed by atoms with Gasteiger partial charge in [0.1, 0.15) is 0 Å². The second kappa shape index (κ2) is 7.47. The molecule has 1 aromatic rings. The number of nitrogens with two attached hydrogens (primary N) is 1. The van der Waals surface area contributed by atoms with Crippen molar-refractivity contribution in [1.82, 2.24) is 9.80 Å². The number of hydrogen-bond donors (Lipinski definition) is 1. The van der Waals surface area contributed by atoms with Crippen molar-refractivity contribution < 1.29 is 13.6 Å². The number of carbonyl (C=O) groups excluding carboxylic acids is 1. The van der Waals surface area contributed by atoms with Crippen LogP contribution in [0.3, 0.4) is 0 Å². The highest BCUT2D eigenvalue weighted by molar-refractivity contribution is 5.94. The minimum absolute atomic E-state index is 0.198. The maximum absolute atomic E-state index is 13.2. The Kier molecular flexibility index (Phi) is 5.64. The molecule has 2 N–H and O–H groups in total. The molecular weight excluding hydrogens is 276 g/mol. The Hall–Kier alpha value is -1.53. The molecule has 0 aliphatic carbocycles. The number of halogens is 2. The first kappa shape index (κ1) is 15.9. The molecule has 1 aliphatic rings. The van der Waals surface area contributed by atoms with E-state index in [0.717, 1.165) is 44.6 Å². The molecule has 1 fully saturated rings. The molecule has 0 radical (unpaired) electrons. The molecule has 0 spiro atoms. The lowest BCUT2D eigenvalue weighted by atomic mass is 10.2. The van der Waals surface area contributed by atoms with E-state index in [4.69, 9.17) is 5.73 Å². The van der Waals surface area contributed by atoms with Gasteiger partial charge >= 0.3 is 0 Å². The lowest BCUT2D eigenvalue weighted by Gasteiger charge is -2.22. The van der Waals surface area contributed by atoms with E-state index in [0.29, 0.717) is 19.6 Å². The van der Waals surface area contributed by atoms with Crippen molar-refractivity contribution in [2.75, 3.05) is 39.3 Å². The number of benzene rings is 1. The number of carbonyl (C=O) groups is 1. The highest BCUT2D eigenvalue weighted by atomic mass is 19.2. The quantitative estimate of drug-likeness (QED) is 0.915. The molecule has 0 saturated carbocycles. The van der Waals surface area contributed by atoms with E-state index in [1.807, 2.05) is 0 Å². The van der Waals surface area contributed by atoms with Crippen LogP contribution in [0.25, 0.3) is 0 Å². The molecule has 1 aliphatic heterocycles.